The number of fused-ring (bicyclic) bond motifs is 2. The van der Waals surface area contributed by atoms with Crippen molar-refractivity contribution < 1.29 is 63.0 Å². The van der Waals surface area contributed by atoms with Crippen molar-refractivity contribution in [1.29, 1.82) is 0 Å². The third kappa shape index (κ3) is 4.07. The molecule has 0 aromatic rings. The Morgan fingerprint density at radius 2 is 1.74 bits per heavy atom. The highest BCUT2D eigenvalue weighted by molar-refractivity contribution is 5.90. The number of aliphatic hydroxyl groups is 3. The molecule has 238 valence electrons. The molecule has 0 radical (unpaired) electrons. The Morgan fingerprint density at radius 3 is 2.35 bits per heavy atom. The lowest BCUT2D eigenvalue weighted by molar-refractivity contribution is -0.306. The molecule has 2 heterocycles. The van der Waals surface area contributed by atoms with Crippen LogP contribution in [-0.2, 0) is 47.7 Å². The van der Waals surface area contributed by atoms with Crippen molar-refractivity contribution in [3.8, 4) is 0 Å². The van der Waals surface area contributed by atoms with Crippen molar-refractivity contribution in [2.45, 2.75) is 96.1 Å². The average molecular weight is 609 g/mol. The highest BCUT2D eigenvalue weighted by Crippen LogP contribution is 2.73. The summed E-state index contributed by atoms with van der Waals surface area (Å²) in [6.07, 6.45) is -6.65. The molecule has 5 rings (SSSR count). The van der Waals surface area contributed by atoms with Crippen molar-refractivity contribution in [2.75, 3.05) is 13.7 Å². The summed E-state index contributed by atoms with van der Waals surface area (Å²) in [6.45, 7) is 9.07. The van der Waals surface area contributed by atoms with E-state index in [4.69, 9.17) is 23.7 Å². The molecule has 5 aliphatic rings. The van der Waals surface area contributed by atoms with Gasteiger partial charge < -0.3 is 39.0 Å². The summed E-state index contributed by atoms with van der Waals surface area (Å²) in [5.74, 6) is -7.26. The zero-order valence-electron chi connectivity index (χ0n) is 25.3. The largest absolute Gasteiger partial charge is 0.467 e. The smallest absolute Gasteiger partial charge is 0.348 e. The van der Waals surface area contributed by atoms with Gasteiger partial charge in [-0.2, -0.15) is 0 Å². The maximum Gasteiger partial charge on any atom is 0.348 e. The first kappa shape index (κ1) is 31.6. The van der Waals surface area contributed by atoms with E-state index in [9.17, 15) is 39.3 Å². The summed E-state index contributed by atoms with van der Waals surface area (Å²) in [7, 11) is 1.06. The van der Waals surface area contributed by atoms with Gasteiger partial charge in [0.1, 0.15) is 23.9 Å². The number of ketones is 1. The molecule has 0 aromatic heterocycles. The van der Waals surface area contributed by atoms with Gasteiger partial charge in [0.05, 0.1) is 25.7 Å². The topological polar surface area (TPSA) is 192 Å². The van der Waals surface area contributed by atoms with E-state index in [2.05, 4.69) is 0 Å². The Kier molecular flexibility index (Phi) is 7.40. The van der Waals surface area contributed by atoms with Gasteiger partial charge in [-0.05, 0) is 44.6 Å². The molecule has 3 aliphatic carbocycles. The Labute approximate surface area is 248 Å². The Morgan fingerprint density at radius 1 is 1.09 bits per heavy atom. The summed E-state index contributed by atoms with van der Waals surface area (Å²) >= 11 is 0. The van der Waals surface area contributed by atoms with Gasteiger partial charge in [0.15, 0.2) is 5.78 Å². The number of methoxy groups -OCH3 is 1. The number of carbonyl (C=O) groups is 5. The van der Waals surface area contributed by atoms with E-state index in [-0.39, 0.29) is 30.9 Å². The summed E-state index contributed by atoms with van der Waals surface area (Å²) in [6, 6.07) is 0. The van der Waals surface area contributed by atoms with Crippen LogP contribution < -0.4 is 0 Å². The number of aliphatic hydroxyl groups excluding tert-OH is 3. The second-order valence-corrected chi connectivity index (χ2v) is 13.5. The van der Waals surface area contributed by atoms with Gasteiger partial charge in [-0.3, -0.25) is 9.59 Å². The van der Waals surface area contributed by atoms with E-state index in [1.165, 1.54) is 13.8 Å². The standard InChI is InChI=1S/C30H40O13/c1-12-8-16(32)23(35)28(6)15(12)10-17-29-11-40-30(26(38)39-7,24(36)19(34)21(28)29)22(29)20(25(37)41-17)42-18(33)9-13(2)27(4,5)43-14(3)31/h9,12,15,17,19-24,34-36H,8,10-11H2,1-7H3/b13-9+/t12-,15+,17-,19-,20-,21-,22-,23-,24+,28+,29-,30+/m1/s1. The molecule has 2 bridgehead atoms. The van der Waals surface area contributed by atoms with E-state index < -0.39 is 100.0 Å². The van der Waals surface area contributed by atoms with Gasteiger partial charge in [0.25, 0.3) is 0 Å². The molecule has 2 aliphatic heterocycles. The lowest BCUT2D eigenvalue weighted by Gasteiger charge is -2.68. The molecule has 0 amide bonds. The van der Waals surface area contributed by atoms with Gasteiger partial charge in [-0.1, -0.05) is 13.8 Å². The quantitative estimate of drug-likeness (QED) is 0.215. The van der Waals surface area contributed by atoms with Crippen LogP contribution in [0.3, 0.4) is 0 Å². The molecule has 2 saturated heterocycles. The van der Waals surface area contributed by atoms with Crippen LogP contribution in [0.1, 0.15) is 54.4 Å². The first-order valence-corrected chi connectivity index (χ1v) is 14.5. The normalized spacial score (nSPS) is 45.3. The minimum Gasteiger partial charge on any atom is -0.467 e. The molecule has 0 aromatic carbocycles. The summed E-state index contributed by atoms with van der Waals surface area (Å²) in [4.78, 5) is 65.0. The molecule has 5 fully saturated rings. The highest BCUT2D eigenvalue weighted by Gasteiger charge is 2.86. The van der Waals surface area contributed by atoms with Gasteiger partial charge >= 0.3 is 23.9 Å². The van der Waals surface area contributed by atoms with Crippen molar-refractivity contribution in [1.82, 2.24) is 0 Å². The number of hydrogen-bond donors (Lipinski definition) is 3. The Hall–Kier alpha value is -2.87. The number of carbonyl (C=O) groups excluding carboxylic acids is 5. The van der Waals surface area contributed by atoms with Gasteiger partial charge in [0.2, 0.25) is 11.7 Å². The molecule has 43 heavy (non-hydrogen) atoms. The van der Waals surface area contributed by atoms with Crippen LogP contribution in [0, 0.1) is 34.5 Å². The van der Waals surface area contributed by atoms with Gasteiger partial charge in [-0.15, -0.1) is 0 Å². The fourth-order valence-electron chi connectivity index (χ4n) is 9.18. The predicted molar refractivity (Wildman–Crippen MR) is 142 cm³/mol. The van der Waals surface area contributed by atoms with Gasteiger partial charge in [0, 0.05) is 36.2 Å². The van der Waals surface area contributed by atoms with Crippen molar-refractivity contribution in [2.24, 2.45) is 34.5 Å². The minimum atomic E-state index is -2.33. The number of Topliss-reactive ketones (excluding diaryl/α,β-unsaturated/α-hetero) is 1. The van der Waals surface area contributed by atoms with Crippen LogP contribution >= 0.6 is 0 Å². The Bertz CT molecular complexity index is 1290. The molecule has 13 heteroatoms. The lowest BCUT2D eigenvalue weighted by Crippen LogP contribution is -2.80. The van der Waals surface area contributed by atoms with Crippen molar-refractivity contribution in [3.63, 3.8) is 0 Å². The monoisotopic (exact) mass is 608 g/mol. The van der Waals surface area contributed by atoms with Crippen LogP contribution in [0.2, 0.25) is 0 Å². The van der Waals surface area contributed by atoms with Crippen LogP contribution in [0.4, 0.5) is 0 Å². The Balaban J connectivity index is 1.65. The van der Waals surface area contributed by atoms with Crippen LogP contribution in [-0.4, -0.2) is 100 Å². The van der Waals surface area contributed by atoms with Crippen molar-refractivity contribution in [3.05, 3.63) is 11.6 Å². The number of esters is 4. The molecule has 1 spiro atoms. The summed E-state index contributed by atoms with van der Waals surface area (Å²) in [5, 5.41) is 34.8. The molecule has 3 N–H and O–H groups in total. The zero-order chi connectivity index (χ0) is 32.0. The fraction of sp³-hybridized carbons (Fsp3) is 0.767. The molecule has 12 atom stereocenters. The van der Waals surface area contributed by atoms with Crippen LogP contribution in [0.5, 0.6) is 0 Å². The molecule has 13 nitrogen and oxygen atoms in total. The molecule has 3 saturated carbocycles. The highest BCUT2D eigenvalue weighted by atomic mass is 16.6. The summed E-state index contributed by atoms with van der Waals surface area (Å²) in [5.41, 5.74) is -6.01. The first-order valence-electron chi connectivity index (χ1n) is 14.5. The average Bonchev–Trinajstić information content (AvgIpc) is 3.22. The predicted octanol–water partition coefficient (Wildman–Crippen LogP) is 0.00380. The number of ether oxygens (including phenoxy) is 5. The summed E-state index contributed by atoms with van der Waals surface area (Å²) < 4.78 is 28.0. The van der Waals surface area contributed by atoms with Crippen molar-refractivity contribution >= 4 is 29.7 Å². The third-order valence-corrected chi connectivity index (χ3v) is 11.2. The van der Waals surface area contributed by atoms with Crippen LogP contribution in [0.15, 0.2) is 11.6 Å². The van der Waals surface area contributed by atoms with E-state index in [0.29, 0.717) is 0 Å². The SMILES string of the molecule is COC(=O)[C@@]12OC[C@]34[C@H]([C@@H](O)[C@@H]1O)[C@@]1(C)[C@H](O)C(=O)C[C@@H](C)[C@@H]1C[C@H]3OC(=O)[C@H](OC(=O)/C=C(\C)C(C)(C)OC(C)=O)[C@@H]24. The fourth-order valence-corrected chi connectivity index (χ4v) is 9.18. The van der Waals surface area contributed by atoms with Crippen LogP contribution in [0.25, 0.3) is 0 Å². The van der Waals surface area contributed by atoms with Gasteiger partial charge in [-0.25, -0.2) is 14.4 Å². The maximum absolute atomic E-state index is 13.7. The number of hydrogen-bond acceptors (Lipinski definition) is 13. The second kappa shape index (κ2) is 10.1. The molecule has 0 unspecified atom stereocenters. The lowest BCUT2D eigenvalue weighted by atomic mass is 9.37. The molecular formula is C30H40O13. The zero-order valence-corrected chi connectivity index (χ0v) is 25.3. The van der Waals surface area contributed by atoms with E-state index in [0.717, 1.165) is 13.2 Å². The third-order valence-electron chi connectivity index (χ3n) is 11.2. The second-order valence-electron chi connectivity index (χ2n) is 13.5. The molecular weight excluding hydrogens is 568 g/mol. The van der Waals surface area contributed by atoms with E-state index >= 15 is 0 Å². The minimum absolute atomic E-state index is 0.0854. The maximum atomic E-state index is 13.7. The van der Waals surface area contributed by atoms with E-state index in [1.54, 1.807) is 20.8 Å². The first-order chi connectivity index (χ1) is 19.9. The van der Waals surface area contributed by atoms with E-state index in [1.807, 2.05) is 6.92 Å². The number of rotatable bonds is 5.